The maximum Gasteiger partial charge on any atom is 0.246 e. The van der Waals surface area contributed by atoms with E-state index in [4.69, 9.17) is 9.47 Å². The van der Waals surface area contributed by atoms with Crippen molar-refractivity contribution in [2.75, 3.05) is 19.9 Å². The summed E-state index contributed by atoms with van der Waals surface area (Å²) in [7, 11) is 0. The molecule has 1 aromatic carbocycles. The van der Waals surface area contributed by atoms with E-state index in [1.807, 2.05) is 4.90 Å². The van der Waals surface area contributed by atoms with Crippen LogP contribution < -0.4 is 9.47 Å². The lowest BCUT2D eigenvalue weighted by Crippen LogP contribution is -2.34. The Kier molecular flexibility index (Phi) is 4.42. The topological polar surface area (TPSA) is 55.8 Å². The van der Waals surface area contributed by atoms with Crippen LogP contribution in [-0.2, 0) is 4.79 Å². The number of hydrogen-bond acceptors (Lipinski definition) is 4. The highest BCUT2D eigenvalue weighted by Crippen LogP contribution is 2.32. The minimum absolute atomic E-state index is 0.00168. The maximum absolute atomic E-state index is 12.1. The van der Waals surface area contributed by atoms with Gasteiger partial charge in [-0.3, -0.25) is 9.59 Å². The van der Waals surface area contributed by atoms with Gasteiger partial charge in [0.1, 0.15) is 0 Å². The molecule has 5 heteroatoms. The van der Waals surface area contributed by atoms with E-state index in [1.54, 1.807) is 24.3 Å². The first-order valence-corrected chi connectivity index (χ1v) is 7.62. The van der Waals surface area contributed by atoms with Crippen LogP contribution in [0.2, 0.25) is 0 Å². The highest BCUT2D eigenvalue weighted by molar-refractivity contribution is 5.98. The van der Waals surface area contributed by atoms with Crippen LogP contribution in [0.5, 0.6) is 11.5 Å². The Bertz CT molecular complexity index is 603. The molecule has 1 amide bonds. The number of hydrogen-bond donors (Lipinski definition) is 0. The van der Waals surface area contributed by atoms with Crippen LogP contribution in [0.4, 0.5) is 0 Å². The van der Waals surface area contributed by atoms with Crippen molar-refractivity contribution in [1.82, 2.24) is 4.90 Å². The number of nitrogens with zero attached hydrogens (tertiary/aromatic N) is 1. The number of ketones is 1. The molecule has 2 aliphatic rings. The average molecular weight is 301 g/mol. The Morgan fingerprint density at radius 3 is 2.68 bits per heavy atom. The molecular formula is C17H19NO4. The Morgan fingerprint density at radius 2 is 1.86 bits per heavy atom. The molecule has 22 heavy (non-hydrogen) atoms. The number of piperidine rings is 1. The van der Waals surface area contributed by atoms with Gasteiger partial charge in [0, 0.05) is 25.1 Å². The van der Waals surface area contributed by atoms with Gasteiger partial charge >= 0.3 is 0 Å². The molecule has 0 radical (unpaired) electrons. The summed E-state index contributed by atoms with van der Waals surface area (Å²) in [6.45, 7) is 1.83. The van der Waals surface area contributed by atoms with E-state index < -0.39 is 0 Å². The maximum atomic E-state index is 12.1. The number of allylic oxidation sites excluding steroid dienone is 1. The van der Waals surface area contributed by atoms with Crippen molar-refractivity contribution in [3.8, 4) is 11.5 Å². The normalized spacial score (nSPS) is 17.0. The Labute approximate surface area is 129 Å². The summed E-state index contributed by atoms with van der Waals surface area (Å²) in [6, 6.07) is 5.14. The number of carbonyl (C=O) groups excluding carboxylic acids is 2. The van der Waals surface area contributed by atoms with Crippen molar-refractivity contribution in [2.24, 2.45) is 0 Å². The summed E-state index contributed by atoms with van der Waals surface area (Å²) >= 11 is 0. The molecule has 2 aliphatic heterocycles. The van der Waals surface area contributed by atoms with Gasteiger partial charge in [0.2, 0.25) is 12.7 Å². The van der Waals surface area contributed by atoms with E-state index in [0.717, 1.165) is 25.9 Å². The third kappa shape index (κ3) is 3.30. The molecule has 3 rings (SSSR count). The van der Waals surface area contributed by atoms with Crippen molar-refractivity contribution in [3.05, 3.63) is 35.9 Å². The van der Waals surface area contributed by atoms with E-state index >= 15 is 0 Å². The minimum atomic E-state index is -0.0407. The molecular weight excluding hydrogens is 282 g/mol. The number of likely N-dealkylation sites (tertiary alicyclic amines) is 1. The van der Waals surface area contributed by atoms with Gasteiger partial charge in [0.15, 0.2) is 17.3 Å². The van der Waals surface area contributed by atoms with Gasteiger partial charge in [-0.15, -0.1) is 0 Å². The zero-order valence-corrected chi connectivity index (χ0v) is 12.4. The van der Waals surface area contributed by atoms with Gasteiger partial charge in [0.25, 0.3) is 0 Å². The van der Waals surface area contributed by atoms with Crippen LogP contribution in [-0.4, -0.2) is 36.5 Å². The zero-order chi connectivity index (χ0) is 15.4. The molecule has 1 aromatic rings. The second-order valence-corrected chi connectivity index (χ2v) is 5.48. The summed E-state index contributed by atoms with van der Waals surface area (Å²) in [5.74, 6) is 1.21. The molecule has 0 unspecified atom stereocenters. The van der Waals surface area contributed by atoms with Crippen LogP contribution in [0.15, 0.2) is 30.4 Å². The summed E-state index contributed by atoms with van der Waals surface area (Å²) in [5, 5.41) is 0. The Morgan fingerprint density at radius 1 is 1.09 bits per heavy atom. The molecule has 116 valence electrons. The van der Waals surface area contributed by atoms with Crippen LogP contribution in [0.1, 0.15) is 36.0 Å². The highest BCUT2D eigenvalue weighted by Gasteiger charge is 2.16. The molecule has 0 aliphatic carbocycles. The standard InChI is InChI=1S/C17H19NO4/c19-14(13-7-8-15-16(11-13)22-12-21-15)5-4-6-17(20)18-9-2-1-3-10-18/h4,6-8,11H,1-3,5,9-10,12H2. The van der Waals surface area contributed by atoms with E-state index in [1.165, 1.54) is 12.5 Å². The van der Waals surface area contributed by atoms with Crippen LogP contribution >= 0.6 is 0 Å². The number of amides is 1. The number of benzene rings is 1. The number of rotatable bonds is 4. The lowest BCUT2D eigenvalue weighted by Gasteiger charge is -2.25. The smallest absolute Gasteiger partial charge is 0.246 e. The van der Waals surface area contributed by atoms with Crippen LogP contribution in [0.3, 0.4) is 0 Å². The first-order valence-electron chi connectivity index (χ1n) is 7.62. The lowest BCUT2D eigenvalue weighted by molar-refractivity contribution is -0.126. The zero-order valence-electron chi connectivity index (χ0n) is 12.4. The fraction of sp³-hybridized carbons (Fsp3) is 0.412. The number of fused-ring (bicyclic) bond motifs is 1. The monoisotopic (exact) mass is 301 g/mol. The predicted octanol–water partition coefficient (Wildman–Crippen LogP) is 2.56. The van der Waals surface area contributed by atoms with Crippen LogP contribution in [0.25, 0.3) is 0 Å². The van der Waals surface area contributed by atoms with Crippen molar-refractivity contribution < 1.29 is 19.1 Å². The quantitative estimate of drug-likeness (QED) is 0.633. The SMILES string of the molecule is O=C(CC=CC(=O)N1CCCCC1)c1ccc2c(c1)OCO2. The molecule has 0 aromatic heterocycles. The van der Waals surface area contributed by atoms with Crippen molar-refractivity contribution in [2.45, 2.75) is 25.7 Å². The molecule has 0 spiro atoms. The van der Waals surface area contributed by atoms with Crippen LogP contribution in [0, 0.1) is 0 Å². The van der Waals surface area contributed by atoms with E-state index in [2.05, 4.69) is 0 Å². The molecule has 2 heterocycles. The molecule has 0 N–H and O–H groups in total. The van der Waals surface area contributed by atoms with Gasteiger partial charge < -0.3 is 14.4 Å². The fourth-order valence-corrected chi connectivity index (χ4v) is 2.67. The van der Waals surface area contributed by atoms with Crippen molar-refractivity contribution in [3.63, 3.8) is 0 Å². The van der Waals surface area contributed by atoms with Gasteiger partial charge in [-0.2, -0.15) is 0 Å². The largest absolute Gasteiger partial charge is 0.454 e. The first kappa shape index (κ1) is 14.6. The third-order valence-electron chi connectivity index (χ3n) is 3.93. The Balaban J connectivity index is 1.55. The molecule has 0 bridgehead atoms. The second kappa shape index (κ2) is 6.64. The number of Topliss-reactive ketones (excluding diaryl/α,β-unsaturated/α-hetero) is 1. The molecule has 1 fully saturated rings. The summed E-state index contributed by atoms with van der Waals surface area (Å²) in [6.07, 6.45) is 6.68. The molecule has 5 nitrogen and oxygen atoms in total. The van der Waals surface area contributed by atoms with Gasteiger partial charge in [-0.25, -0.2) is 0 Å². The van der Waals surface area contributed by atoms with Gasteiger partial charge in [0.05, 0.1) is 0 Å². The summed E-state index contributed by atoms with van der Waals surface area (Å²) in [5.41, 5.74) is 0.569. The number of ether oxygens (including phenoxy) is 2. The summed E-state index contributed by atoms with van der Waals surface area (Å²) in [4.78, 5) is 25.9. The molecule has 1 saturated heterocycles. The highest BCUT2D eigenvalue weighted by atomic mass is 16.7. The van der Waals surface area contributed by atoms with E-state index in [-0.39, 0.29) is 24.9 Å². The molecule has 0 atom stereocenters. The minimum Gasteiger partial charge on any atom is -0.454 e. The summed E-state index contributed by atoms with van der Waals surface area (Å²) < 4.78 is 10.5. The third-order valence-corrected chi connectivity index (χ3v) is 3.93. The lowest BCUT2D eigenvalue weighted by atomic mass is 10.1. The van der Waals surface area contributed by atoms with Gasteiger partial charge in [-0.1, -0.05) is 6.08 Å². The predicted molar refractivity (Wildman–Crippen MR) is 81.1 cm³/mol. The van der Waals surface area contributed by atoms with Gasteiger partial charge in [-0.05, 0) is 43.5 Å². The second-order valence-electron chi connectivity index (χ2n) is 5.48. The van der Waals surface area contributed by atoms with E-state index in [9.17, 15) is 9.59 Å². The fourth-order valence-electron chi connectivity index (χ4n) is 2.67. The number of carbonyl (C=O) groups is 2. The molecule has 0 saturated carbocycles. The average Bonchev–Trinajstić information content (AvgIpc) is 3.03. The van der Waals surface area contributed by atoms with E-state index in [0.29, 0.717) is 17.1 Å². The first-order chi connectivity index (χ1) is 10.7. The Hall–Kier alpha value is -2.30. The van der Waals surface area contributed by atoms with Crippen molar-refractivity contribution >= 4 is 11.7 Å². The van der Waals surface area contributed by atoms with Crippen molar-refractivity contribution in [1.29, 1.82) is 0 Å².